The molecule has 36 heavy (non-hydrogen) atoms. The van der Waals surface area contributed by atoms with Gasteiger partial charge in [-0.1, -0.05) is 42.5 Å². The molecular formula is C27H30FN3O4S. The number of para-hydroxylation sites is 1. The van der Waals surface area contributed by atoms with Gasteiger partial charge in [0.25, 0.3) is 10.0 Å². The van der Waals surface area contributed by atoms with Crippen LogP contribution in [0.15, 0.2) is 83.8 Å². The van der Waals surface area contributed by atoms with Crippen molar-refractivity contribution in [3.63, 3.8) is 0 Å². The van der Waals surface area contributed by atoms with Gasteiger partial charge < -0.3 is 10.2 Å². The van der Waals surface area contributed by atoms with Gasteiger partial charge in [-0.2, -0.15) is 0 Å². The molecular weight excluding hydrogens is 481 g/mol. The molecule has 3 rings (SSSR count). The van der Waals surface area contributed by atoms with Crippen molar-refractivity contribution in [2.45, 2.75) is 38.3 Å². The summed E-state index contributed by atoms with van der Waals surface area (Å²) in [6.07, 6.45) is 0. The fraction of sp³-hybridized carbons (Fsp3) is 0.259. The molecule has 0 aliphatic rings. The number of nitrogens with one attached hydrogen (secondary N) is 1. The monoisotopic (exact) mass is 511 g/mol. The number of hydrogen-bond donors (Lipinski definition) is 1. The number of likely N-dealkylation sites (N-methyl/N-ethyl adjacent to an activating group) is 1. The third-order valence-electron chi connectivity index (χ3n) is 5.84. The molecule has 0 bridgehead atoms. The molecule has 1 N–H and O–H groups in total. The first-order valence-corrected chi connectivity index (χ1v) is 13.0. The molecule has 0 radical (unpaired) electrons. The number of amides is 2. The van der Waals surface area contributed by atoms with Crippen LogP contribution in [-0.4, -0.2) is 44.3 Å². The molecule has 0 saturated heterocycles. The van der Waals surface area contributed by atoms with E-state index in [0.717, 1.165) is 39.7 Å². The zero-order valence-corrected chi connectivity index (χ0v) is 21.3. The number of rotatable bonds is 10. The Labute approximate surface area is 211 Å². The number of aryl methyl sites for hydroxylation is 1. The molecule has 3 aromatic rings. The zero-order valence-electron chi connectivity index (χ0n) is 20.5. The summed E-state index contributed by atoms with van der Waals surface area (Å²) in [6.45, 7) is 5.28. The topological polar surface area (TPSA) is 86.8 Å². The number of carbonyl (C=O) groups excluding carboxylic acids is 2. The van der Waals surface area contributed by atoms with E-state index >= 15 is 0 Å². The van der Waals surface area contributed by atoms with Crippen molar-refractivity contribution < 1.29 is 22.4 Å². The lowest BCUT2D eigenvalue weighted by molar-refractivity contribution is -0.139. The van der Waals surface area contributed by atoms with E-state index in [9.17, 15) is 22.4 Å². The van der Waals surface area contributed by atoms with Gasteiger partial charge in [0.05, 0.1) is 10.6 Å². The summed E-state index contributed by atoms with van der Waals surface area (Å²) in [6, 6.07) is 19.3. The van der Waals surface area contributed by atoms with Crippen LogP contribution in [0.5, 0.6) is 0 Å². The minimum absolute atomic E-state index is 0.128. The third kappa shape index (κ3) is 6.28. The Morgan fingerprint density at radius 3 is 2.17 bits per heavy atom. The molecule has 3 aromatic carbocycles. The summed E-state index contributed by atoms with van der Waals surface area (Å²) in [5.74, 6) is -1.46. The minimum atomic E-state index is -4.22. The second kappa shape index (κ2) is 11.8. The van der Waals surface area contributed by atoms with Crippen LogP contribution in [-0.2, 0) is 26.2 Å². The SMILES string of the molecule is CCNC(=O)C(C)N(Cc1ccccc1C)C(=O)CN(c1ccccc1)S(=O)(=O)c1ccc(F)cc1. The number of anilines is 1. The second-order valence-corrected chi connectivity index (χ2v) is 10.2. The van der Waals surface area contributed by atoms with Gasteiger partial charge in [0.15, 0.2) is 0 Å². The molecule has 0 aliphatic heterocycles. The summed E-state index contributed by atoms with van der Waals surface area (Å²) in [5.41, 5.74) is 2.06. The van der Waals surface area contributed by atoms with Gasteiger partial charge >= 0.3 is 0 Å². The van der Waals surface area contributed by atoms with Crippen LogP contribution in [0.25, 0.3) is 0 Å². The second-order valence-electron chi connectivity index (χ2n) is 8.32. The number of hydrogen-bond acceptors (Lipinski definition) is 4. The first-order valence-electron chi connectivity index (χ1n) is 11.6. The Bertz CT molecular complexity index is 1300. The van der Waals surface area contributed by atoms with Crippen molar-refractivity contribution in [2.24, 2.45) is 0 Å². The van der Waals surface area contributed by atoms with Crippen molar-refractivity contribution in [3.05, 3.63) is 95.8 Å². The number of halogens is 1. The van der Waals surface area contributed by atoms with Gasteiger partial charge in [-0.25, -0.2) is 12.8 Å². The summed E-state index contributed by atoms with van der Waals surface area (Å²) in [7, 11) is -4.22. The molecule has 0 heterocycles. The Morgan fingerprint density at radius 2 is 1.56 bits per heavy atom. The van der Waals surface area contributed by atoms with E-state index in [0.29, 0.717) is 6.54 Å². The lowest BCUT2D eigenvalue weighted by atomic mass is 10.1. The third-order valence-corrected chi connectivity index (χ3v) is 7.63. The highest BCUT2D eigenvalue weighted by atomic mass is 32.2. The molecule has 0 fully saturated rings. The van der Waals surface area contributed by atoms with Gasteiger partial charge in [-0.05, 0) is 68.3 Å². The molecule has 9 heteroatoms. The molecule has 0 spiro atoms. The van der Waals surface area contributed by atoms with E-state index in [-0.39, 0.29) is 23.0 Å². The zero-order chi connectivity index (χ0) is 26.3. The predicted octanol–water partition coefficient (Wildman–Crippen LogP) is 3.88. The Balaban J connectivity index is 2.01. The summed E-state index contributed by atoms with van der Waals surface area (Å²) >= 11 is 0. The number of nitrogens with zero attached hydrogens (tertiary/aromatic N) is 2. The van der Waals surface area contributed by atoms with Gasteiger partial charge in [0, 0.05) is 13.1 Å². The number of benzene rings is 3. The van der Waals surface area contributed by atoms with E-state index in [1.807, 2.05) is 31.2 Å². The molecule has 0 aliphatic carbocycles. The molecule has 0 aromatic heterocycles. The van der Waals surface area contributed by atoms with Crippen LogP contribution >= 0.6 is 0 Å². The molecule has 1 atom stereocenters. The standard InChI is InChI=1S/C27H30FN3O4S/c1-4-29-27(33)21(3)30(18-22-11-9-8-10-20(22)2)26(32)19-31(24-12-6-5-7-13-24)36(34,35)25-16-14-23(28)15-17-25/h5-17,21H,4,18-19H2,1-3H3,(H,29,33). The van der Waals surface area contributed by atoms with Crippen LogP contribution in [0.2, 0.25) is 0 Å². The van der Waals surface area contributed by atoms with Gasteiger partial charge in [-0.15, -0.1) is 0 Å². The maximum Gasteiger partial charge on any atom is 0.264 e. The van der Waals surface area contributed by atoms with Crippen molar-refractivity contribution >= 4 is 27.5 Å². The van der Waals surface area contributed by atoms with Crippen LogP contribution in [0, 0.1) is 12.7 Å². The predicted molar refractivity (Wildman–Crippen MR) is 137 cm³/mol. The molecule has 190 valence electrons. The number of sulfonamides is 1. The van der Waals surface area contributed by atoms with Crippen molar-refractivity contribution in [1.82, 2.24) is 10.2 Å². The highest BCUT2D eigenvalue weighted by Crippen LogP contribution is 2.24. The van der Waals surface area contributed by atoms with Crippen molar-refractivity contribution in [2.75, 3.05) is 17.4 Å². The Kier molecular flexibility index (Phi) is 8.82. The normalized spacial score (nSPS) is 12.0. The fourth-order valence-electron chi connectivity index (χ4n) is 3.73. The minimum Gasteiger partial charge on any atom is -0.355 e. The average Bonchev–Trinajstić information content (AvgIpc) is 2.87. The van der Waals surface area contributed by atoms with Crippen LogP contribution in [0.3, 0.4) is 0 Å². The van der Waals surface area contributed by atoms with E-state index in [2.05, 4.69) is 5.32 Å². The number of carbonyl (C=O) groups is 2. The van der Waals surface area contributed by atoms with E-state index in [4.69, 9.17) is 0 Å². The van der Waals surface area contributed by atoms with Crippen LogP contribution < -0.4 is 9.62 Å². The first-order chi connectivity index (χ1) is 17.1. The lowest BCUT2D eigenvalue weighted by Crippen LogP contribution is -2.51. The van der Waals surface area contributed by atoms with Crippen molar-refractivity contribution in [1.29, 1.82) is 0 Å². The van der Waals surface area contributed by atoms with Gasteiger partial charge in [0.1, 0.15) is 18.4 Å². The van der Waals surface area contributed by atoms with E-state index in [1.165, 1.54) is 4.90 Å². The van der Waals surface area contributed by atoms with Crippen LogP contribution in [0.4, 0.5) is 10.1 Å². The quantitative estimate of drug-likeness (QED) is 0.448. The summed E-state index contributed by atoms with van der Waals surface area (Å²) in [4.78, 5) is 27.6. The average molecular weight is 512 g/mol. The first kappa shape index (κ1) is 26.9. The van der Waals surface area contributed by atoms with Crippen LogP contribution in [0.1, 0.15) is 25.0 Å². The molecule has 1 unspecified atom stereocenters. The molecule has 0 saturated carbocycles. The van der Waals surface area contributed by atoms with E-state index in [1.54, 1.807) is 44.2 Å². The van der Waals surface area contributed by atoms with Gasteiger partial charge in [0.2, 0.25) is 11.8 Å². The highest BCUT2D eigenvalue weighted by molar-refractivity contribution is 7.92. The molecule has 2 amide bonds. The molecule has 7 nitrogen and oxygen atoms in total. The lowest BCUT2D eigenvalue weighted by Gasteiger charge is -2.32. The Hall–Kier alpha value is -3.72. The smallest absolute Gasteiger partial charge is 0.264 e. The largest absolute Gasteiger partial charge is 0.355 e. The van der Waals surface area contributed by atoms with E-state index < -0.39 is 34.3 Å². The fourth-order valence-corrected chi connectivity index (χ4v) is 5.15. The summed E-state index contributed by atoms with van der Waals surface area (Å²) in [5, 5.41) is 2.73. The van der Waals surface area contributed by atoms with Crippen molar-refractivity contribution in [3.8, 4) is 0 Å². The maximum absolute atomic E-state index is 13.7. The highest BCUT2D eigenvalue weighted by Gasteiger charge is 2.32. The van der Waals surface area contributed by atoms with Gasteiger partial charge in [-0.3, -0.25) is 13.9 Å². The maximum atomic E-state index is 13.7. The Morgan fingerprint density at radius 1 is 0.944 bits per heavy atom. The summed E-state index contributed by atoms with van der Waals surface area (Å²) < 4.78 is 41.6.